The number of carbonyl (C=O) groups excluding carboxylic acids is 4. The minimum absolute atomic E-state index is 0.129. The van der Waals surface area contributed by atoms with Crippen LogP contribution >= 0.6 is 0 Å². The van der Waals surface area contributed by atoms with Crippen molar-refractivity contribution in [1.29, 1.82) is 0 Å². The van der Waals surface area contributed by atoms with Gasteiger partial charge >= 0.3 is 0 Å². The van der Waals surface area contributed by atoms with Gasteiger partial charge in [-0.05, 0) is 30.2 Å². The number of rotatable bonds is 12. The lowest BCUT2D eigenvalue weighted by molar-refractivity contribution is -0.125. The first-order chi connectivity index (χ1) is 17.4. The van der Waals surface area contributed by atoms with Crippen molar-refractivity contribution in [3.05, 3.63) is 58.9 Å². The van der Waals surface area contributed by atoms with E-state index in [1.165, 1.54) is 25.1 Å². The molecule has 1 aliphatic heterocycles. The molecular formula is C27H30N4O5. The molecule has 2 aromatic rings. The van der Waals surface area contributed by atoms with Crippen molar-refractivity contribution in [2.75, 3.05) is 33.8 Å². The molecule has 1 unspecified atom stereocenters. The lowest BCUT2D eigenvalue weighted by Crippen LogP contribution is -2.48. The van der Waals surface area contributed by atoms with Crippen LogP contribution in [0.3, 0.4) is 0 Å². The number of aldehydes is 2. The third-order valence-electron chi connectivity index (χ3n) is 6.20. The highest BCUT2D eigenvalue weighted by Gasteiger charge is 2.30. The number of benzene rings is 1. The van der Waals surface area contributed by atoms with E-state index >= 15 is 0 Å². The van der Waals surface area contributed by atoms with Crippen molar-refractivity contribution in [1.82, 2.24) is 20.1 Å². The van der Waals surface area contributed by atoms with Crippen molar-refractivity contribution >= 4 is 24.4 Å². The summed E-state index contributed by atoms with van der Waals surface area (Å²) in [7, 11) is 2.95. The molecule has 3 rings (SSSR count). The second-order valence-corrected chi connectivity index (χ2v) is 8.69. The predicted molar refractivity (Wildman–Crippen MR) is 134 cm³/mol. The van der Waals surface area contributed by atoms with Crippen molar-refractivity contribution < 1.29 is 23.9 Å². The molecule has 1 fully saturated rings. The number of aromatic nitrogens is 1. The number of likely N-dealkylation sites (tertiary alicyclic amines) is 1. The Labute approximate surface area is 210 Å². The summed E-state index contributed by atoms with van der Waals surface area (Å²) >= 11 is 0. The van der Waals surface area contributed by atoms with Gasteiger partial charge in [-0.3, -0.25) is 19.3 Å². The van der Waals surface area contributed by atoms with Crippen molar-refractivity contribution in [2.45, 2.75) is 25.4 Å². The maximum Gasteiger partial charge on any atom is 0.255 e. The Bertz CT molecular complexity index is 1140. The van der Waals surface area contributed by atoms with Crippen LogP contribution in [0.5, 0.6) is 5.75 Å². The summed E-state index contributed by atoms with van der Waals surface area (Å²) in [4.78, 5) is 55.9. The van der Waals surface area contributed by atoms with Crippen LogP contribution in [0.15, 0.2) is 36.5 Å². The first kappa shape index (κ1) is 26.6. The van der Waals surface area contributed by atoms with Crippen molar-refractivity contribution in [2.24, 2.45) is 5.92 Å². The summed E-state index contributed by atoms with van der Waals surface area (Å²) in [6, 6.07) is 7.77. The molecule has 1 saturated heterocycles. The molecule has 9 nitrogen and oxygen atoms in total. The van der Waals surface area contributed by atoms with Gasteiger partial charge in [0.25, 0.3) is 5.91 Å². The van der Waals surface area contributed by atoms with E-state index in [4.69, 9.17) is 11.2 Å². The third kappa shape index (κ3) is 6.34. The molecule has 9 heteroatoms. The van der Waals surface area contributed by atoms with Crippen molar-refractivity contribution in [3.8, 4) is 18.1 Å². The van der Waals surface area contributed by atoms with Gasteiger partial charge in [0.15, 0.2) is 6.29 Å². The summed E-state index contributed by atoms with van der Waals surface area (Å²) < 4.78 is 5.94. The van der Waals surface area contributed by atoms with Gasteiger partial charge < -0.3 is 19.7 Å². The smallest absolute Gasteiger partial charge is 0.255 e. The summed E-state index contributed by atoms with van der Waals surface area (Å²) in [5.74, 6) is 2.22. The quantitative estimate of drug-likeness (QED) is 0.355. The van der Waals surface area contributed by atoms with E-state index in [-0.39, 0.29) is 35.8 Å². The first-order valence-electron chi connectivity index (χ1n) is 11.7. The number of pyridine rings is 1. The van der Waals surface area contributed by atoms with Crippen LogP contribution < -0.4 is 10.1 Å². The Hall–Kier alpha value is -4.03. The maximum atomic E-state index is 13.2. The van der Waals surface area contributed by atoms with Gasteiger partial charge in [-0.2, -0.15) is 0 Å². The topological polar surface area (TPSA) is 109 Å². The molecule has 1 aliphatic rings. The van der Waals surface area contributed by atoms with Gasteiger partial charge in [-0.25, -0.2) is 4.98 Å². The van der Waals surface area contributed by atoms with E-state index < -0.39 is 11.9 Å². The Kier molecular flexibility index (Phi) is 9.31. The zero-order chi connectivity index (χ0) is 26.1. The number of carbonyl (C=O) groups is 4. The van der Waals surface area contributed by atoms with Gasteiger partial charge in [-0.1, -0.05) is 18.1 Å². The van der Waals surface area contributed by atoms with Crippen LogP contribution in [-0.4, -0.2) is 79.0 Å². The maximum absolute atomic E-state index is 13.2. The average molecular weight is 491 g/mol. The fourth-order valence-electron chi connectivity index (χ4n) is 4.18. The van der Waals surface area contributed by atoms with E-state index in [0.717, 1.165) is 25.2 Å². The zero-order valence-electron chi connectivity index (χ0n) is 20.5. The van der Waals surface area contributed by atoms with Gasteiger partial charge in [0.2, 0.25) is 5.91 Å². The lowest BCUT2D eigenvalue weighted by atomic mass is 10.00. The van der Waals surface area contributed by atoms with Crippen LogP contribution in [0.1, 0.15) is 44.8 Å². The number of ether oxygens (including phenoxy) is 1. The fraction of sp³-hybridized carbons (Fsp3) is 0.370. The summed E-state index contributed by atoms with van der Waals surface area (Å²) in [5.41, 5.74) is 1.96. The highest BCUT2D eigenvalue weighted by atomic mass is 16.5. The minimum Gasteiger partial charge on any atom is -0.492 e. The van der Waals surface area contributed by atoms with Crippen LogP contribution in [-0.2, 0) is 16.1 Å². The first-order valence-corrected chi connectivity index (χ1v) is 11.7. The number of terminal acetylenes is 1. The second-order valence-electron chi connectivity index (χ2n) is 8.69. The molecule has 0 spiro atoms. The van der Waals surface area contributed by atoms with E-state index in [2.05, 4.69) is 21.1 Å². The highest BCUT2D eigenvalue weighted by molar-refractivity contribution is 6.04. The summed E-state index contributed by atoms with van der Waals surface area (Å²) in [5, 5.41) is 2.51. The highest BCUT2D eigenvalue weighted by Crippen LogP contribution is 2.25. The number of hydrogen-bond donors (Lipinski definition) is 1. The SMILES string of the molecule is C#Cc1ccc(CN2CC(COc3cccc(C(=O)N(C)C(CCC=O)C(=O)NC)c3C=O)C2)cn1. The van der Waals surface area contributed by atoms with Crippen LogP contribution in [0.2, 0.25) is 0 Å². The molecule has 0 radical (unpaired) electrons. The van der Waals surface area contributed by atoms with Crippen LogP contribution in [0.25, 0.3) is 0 Å². The number of amides is 2. The number of hydrogen-bond acceptors (Lipinski definition) is 7. The number of nitrogens with one attached hydrogen (secondary N) is 1. The average Bonchev–Trinajstić information content (AvgIpc) is 2.89. The van der Waals surface area contributed by atoms with Gasteiger partial charge in [0.05, 0.1) is 17.7 Å². The number of likely N-dealkylation sites (N-methyl/N-ethyl adjacent to an activating group) is 2. The van der Waals surface area contributed by atoms with Crippen molar-refractivity contribution in [3.63, 3.8) is 0 Å². The molecule has 36 heavy (non-hydrogen) atoms. The largest absolute Gasteiger partial charge is 0.492 e. The van der Waals surface area contributed by atoms with Gasteiger partial charge in [-0.15, -0.1) is 6.42 Å². The van der Waals surface area contributed by atoms with Crippen LogP contribution in [0, 0.1) is 18.3 Å². The molecule has 2 heterocycles. The zero-order valence-corrected chi connectivity index (χ0v) is 20.5. The monoisotopic (exact) mass is 490 g/mol. The molecule has 1 atom stereocenters. The molecule has 0 aliphatic carbocycles. The Morgan fingerprint density at radius 1 is 1.31 bits per heavy atom. The van der Waals surface area contributed by atoms with E-state index in [0.29, 0.717) is 30.6 Å². The predicted octanol–water partition coefficient (Wildman–Crippen LogP) is 1.55. The molecule has 188 valence electrons. The fourth-order valence-corrected chi connectivity index (χ4v) is 4.18. The van der Waals surface area contributed by atoms with Crippen LogP contribution in [0.4, 0.5) is 0 Å². The lowest BCUT2D eigenvalue weighted by Gasteiger charge is -2.39. The summed E-state index contributed by atoms with van der Waals surface area (Å²) in [6.07, 6.45) is 8.73. The Morgan fingerprint density at radius 2 is 2.08 bits per heavy atom. The molecule has 0 bridgehead atoms. The van der Waals surface area contributed by atoms with Gasteiger partial charge in [0, 0.05) is 52.3 Å². The Balaban J connectivity index is 1.61. The number of nitrogens with zero attached hydrogens (tertiary/aromatic N) is 3. The molecule has 0 saturated carbocycles. The Morgan fingerprint density at radius 3 is 2.69 bits per heavy atom. The molecule has 1 N–H and O–H groups in total. The summed E-state index contributed by atoms with van der Waals surface area (Å²) in [6.45, 7) is 2.83. The third-order valence-corrected chi connectivity index (χ3v) is 6.20. The molecule has 1 aromatic carbocycles. The molecule has 1 aromatic heterocycles. The minimum atomic E-state index is -0.837. The molecule has 2 amide bonds. The van der Waals surface area contributed by atoms with E-state index in [9.17, 15) is 19.2 Å². The van der Waals surface area contributed by atoms with E-state index in [1.807, 2.05) is 12.1 Å². The standard InChI is InChI=1S/C27H30N4O5/c1-4-21-11-10-19(13-29-21)14-31-15-20(16-31)18-36-25-9-5-7-22(23(25)17-33)27(35)30(3)24(8-6-12-32)26(34)28-2/h1,5,7,9-13,17,20,24H,6,8,14-16,18H2,2-3H3,(H,28,34). The van der Waals surface area contributed by atoms with Gasteiger partial charge in [0.1, 0.15) is 23.8 Å². The van der Waals surface area contributed by atoms with E-state index in [1.54, 1.807) is 18.3 Å². The molecular weight excluding hydrogens is 460 g/mol. The second kappa shape index (κ2) is 12.6. The normalized spacial score (nSPS) is 14.1.